The zero-order valence-electron chi connectivity index (χ0n) is 11.7. The molecule has 2 aromatic rings. The maximum absolute atomic E-state index is 10.5. The molecule has 20 heavy (non-hydrogen) atoms. The molecule has 0 aliphatic rings. The maximum atomic E-state index is 10.5. The maximum Gasteiger partial charge on any atom is 1.00 e. The minimum atomic E-state index is -4.12. The normalized spacial score (nSPS) is 11.1. The first-order chi connectivity index (χ1) is 8.97. The van der Waals surface area contributed by atoms with E-state index in [2.05, 4.69) is 11.4 Å². The van der Waals surface area contributed by atoms with Gasteiger partial charge in [0, 0.05) is 23.4 Å². The van der Waals surface area contributed by atoms with Gasteiger partial charge < -0.3 is 9.87 Å². The summed E-state index contributed by atoms with van der Waals surface area (Å²) in [6, 6.07) is 12.1. The summed E-state index contributed by atoms with van der Waals surface area (Å²) in [5.41, 5.74) is 2.10. The molecule has 0 aliphatic carbocycles. The molecule has 1 N–H and O–H groups in total. The van der Waals surface area contributed by atoms with Gasteiger partial charge in [-0.1, -0.05) is 36.4 Å². The van der Waals surface area contributed by atoms with Crippen molar-refractivity contribution in [3.63, 3.8) is 0 Å². The summed E-state index contributed by atoms with van der Waals surface area (Å²) >= 11 is 0. The van der Waals surface area contributed by atoms with Gasteiger partial charge >= 0.3 is 29.6 Å². The van der Waals surface area contributed by atoms with E-state index in [1.165, 1.54) is 0 Å². The number of hydrogen-bond acceptors (Lipinski definition) is 4. The molecular formula is C14H16NNaO3S. The van der Waals surface area contributed by atoms with Gasteiger partial charge in [-0.05, 0) is 24.3 Å². The van der Waals surface area contributed by atoms with Crippen LogP contribution in [0.2, 0.25) is 0 Å². The number of nitrogens with one attached hydrogen (secondary N) is 1. The van der Waals surface area contributed by atoms with Crippen LogP contribution < -0.4 is 34.9 Å². The second-order valence-electron chi connectivity index (χ2n) is 4.52. The van der Waals surface area contributed by atoms with Crippen molar-refractivity contribution in [2.24, 2.45) is 0 Å². The van der Waals surface area contributed by atoms with E-state index in [9.17, 15) is 13.0 Å². The third-order valence-electron chi connectivity index (χ3n) is 3.01. The van der Waals surface area contributed by atoms with E-state index in [1.807, 2.05) is 37.3 Å². The van der Waals surface area contributed by atoms with Crippen LogP contribution >= 0.6 is 0 Å². The molecule has 0 atom stereocenters. The van der Waals surface area contributed by atoms with Gasteiger partial charge in [-0.3, -0.25) is 0 Å². The van der Waals surface area contributed by atoms with Crippen molar-refractivity contribution in [1.82, 2.24) is 0 Å². The van der Waals surface area contributed by atoms with Gasteiger partial charge in [-0.2, -0.15) is 0 Å². The van der Waals surface area contributed by atoms with E-state index in [-0.39, 0.29) is 35.3 Å². The van der Waals surface area contributed by atoms with Crippen LogP contribution in [0.25, 0.3) is 10.8 Å². The van der Waals surface area contributed by atoms with Gasteiger partial charge in [-0.15, -0.1) is 0 Å². The monoisotopic (exact) mass is 301 g/mol. The zero-order chi connectivity index (χ0) is 13.9. The predicted octanol–water partition coefficient (Wildman–Crippen LogP) is -0.501. The largest absolute Gasteiger partial charge is 1.00 e. The summed E-state index contributed by atoms with van der Waals surface area (Å²) in [5, 5.41) is 5.46. The average molecular weight is 301 g/mol. The van der Waals surface area contributed by atoms with Crippen LogP contribution in [0.1, 0.15) is 12.0 Å². The molecule has 0 spiro atoms. The fourth-order valence-corrected chi connectivity index (χ4v) is 2.58. The minimum absolute atomic E-state index is 0. The molecule has 2 rings (SSSR count). The third kappa shape index (κ3) is 4.75. The average Bonchev–Trinajstić information content (AvgIpc) is 2.35. The van der Waals surface area contributed by atoms with Crippen molar-refractivity contribution in [3.8, 4) is 0 Å². The van der Waals surface area contributed by atoms with E-state index < -0.39 is 10.1 Å². The van der Waals surface area contributed by atoms with E-state index in [0.717, 1.165) is 22.0 Å². The summed E-state index contributed by atoms with van der Waals surface area (Å²) in [5.74, 6) is -0.330. The molecule has 0 heterocycles. The molecule has 0 unspecified atom stereocenters. The topological polar surface area (TPSA) is 69.2 Å². The smallest absolute Gasteiger partial charge is 0.748 e. The molecule has 0 bridgehead atoms. The van der Waals surface area contributed by atoms with Crippen molar-refractivity contribution in [3.05, 3.63) is 42.0 Å². The Hall–Kier alpha value is -0.590. The summed E-state index contributed by atoms with van der Waals surface area (Å²) in [6.45, 7) is 2.47. The Bertz CT molecular complexity index is 686. The number of fused-ring (bicyclic) bond motifs is 1. The Morgan fingerprint density at radius 1 is 1.15 bits per heavy atom. The number of rotatable bonds is 5. The predicted molar refractivity (Wildman–Crippen MR) is 76.4 cm³/mol. The Kier molecular flexibility index (Phi) is 6.48. The number of aryl methyl sites for hydroxylation is 1. The number of benzene rings is 2. The summed E-state index contributed by atoms with van der Waals surface area (Å²) < 4.78 is 31.6. The molecular weight excluding hydrogens is 285 g/mol. The van der Waals surface area contributed by atoms with Gasteiger partial charge in [0.2, 0.25) is 0 Å². The van der Waals surface area contributed by atoms with Gasteiger partial charge in [0.05, 0.1) is 10.1 Å². The van der Waals surface area contributed by atoms with Crippen LogP contribution in [0.3, 0.4) is 0 Å². The van der Waals surface area contributed by atoms with Gasteiger partial charge in [-0.25, -0.2) is 8.42 Å². The molecule has 0 aliphatic heterocycles. The standard InChI is InChI=1S/C14H17NO3S.Na/c1-11-7-8-12-5-2-3-6-13(12)14(11)15-9-4-10-19(16,17)18;/h2-3,5-8,15H,4,9-10H2,1H3,(H,16,17,18);/q;+1/p-1. The summed E-state index contributed by atoms with van der Waals surface area (Å²) in [7, 11) is -4.12. The first-order valence-electron chi connectivity index (χ1n) is 6.13. The van der Waals surface area contributed by atoms with Crippen LogP contribution in [0.15, 0.2) is 36.4 Å². The second kappa shape index (κ2) is 7.43. The Balaban J connectivity index is 0.00000200. The quantitative estimate of drug-likeness (QED) is 0.459. The molecule has 4 nitrogen and oxygen atoms in total. The summed E-state index contributed by atoms with van der Waals surface area (Å²) in [4.78, 5) is 0. The van der Waals surface area contributed by atoms with Crippen molar-refractivity contribution in [1.29, 1.82) is 0 Å². The molecule has 0 radical (unpaired) electrons. The zero-order valence-corrected chi connectivity index (χ0v) is 14.5. The van der Waals surface area contributed by atoms with Crippen molar-refractivity contribution < 1.29 is 42.5 Å². The van der Waals surface area contributed by atoms with Gasteiger partial charge in [0.15, 0.2) is 0 Å². The van der Waals surface area contributed by atoms with Crippen LogP contribution in [0.4, 0.5) is 5.69 Å². The van der Waals surface area contributed by atoms with Crippen LogP contribution in [-0.2, 0) is 10.1 Å². The van der Waals surface area contributed by atoms with Crippen molar-refractivity contribution >= 4 is 26.6 Å². The van der Waals surface area contributed by atoms with Crippen LogP contribution in [0, 0.1) is 6.92 Å². The van der Waals surface area contributed by atoms with Crippen molar-refractivity contribution in [2.75, 3.05) is 17.6 Å². The van der Waals surface area contributed by atoms with E-state index in [4.69, 9.17) is 0 Å². The Morgan fingerprint density at radius 3 is 2.55 bits per heavy atom. The fraction of sp³-hybridized carbons (Fsp3) is 0.286. The van der Waals surface area contributed by atoms with Gasteiger partial charge in [0.1, 0.15) is 0 Å². The third-order valence-corrected chi connectivity index (χ3v) is 3.80. The SMILES string of the molecule is Cc1ccc2ccccc2c1NCCCS(=O)(=O)[O-].[Na+]. The van der Waals surface area contributed by atoms with Crippen molar-refractivity contribution in [2.45, 2.75) is 13.3 Å². The molecule has 0 saturated carbocycles. The molecule has 0 saturated heterocycles. The minimum Gasteiger partial charge on any atom is -0.748 e. The molecule has 0 fully saturated rings. The molecule has 0 aromatic heterocycles. The fourth-order valence-electron chi connectivity index (χ4n) is 2.08. The Morgan fingerprint density at radius 2 is 1.85 bits per heavy atom. The summed E-state index contributed by atoms with van der Waals surface area (Å²) in [6.07, 6.45) is 0.314. The second-order valence-corrected chi connectivity index (χ2v) is 6.04. The Labute approximate surface area is 141 Å². The van der Waals surface area contributed by atoms with E-state index >= 15 is 0 Å². The van der Waals surface area contributed by atoms with Crippen LogP contribution in [0.5, 0.6) is 0 Å². The number of hydrogen-bond donors (Lipinski definition) is 1. The van der Waals surface area contributed by atoms with E-state index in [1.54, 1.807) is 0 Å². The van der Waals surface area contributed by atoms with E-state index in [0.29, 0.717) is 13.0 Å². The molecule has 102 valence electrons. The number of anilines is 1. The molecule has 6 heteroatoms. The molecule has 2 aromatic carbocycles. The first-order valence-corrected chi connectivity index (χ1v) is 7.71. The van der Waals surface area contributed by atoms with Gasteiger partial charge in [0.25, 0.3) is 0 Å². The molecule has 0 amide bonds. The van der Waals surface area contributed by atoms with Crippen LogP contribution in [-0.4, -0.2) is 25.3 Å². The first kappa shape index (κ1) is 17.5.